The van der Waals surface area contributed by atoms with Crippen molar-refractivity contribution in [2.75, 3.05) is 19.6 Å². The minimum absolute atomic E-state index is 0.0913. The van der Waals surface area contributed by atoms with Crippen LogP contribution in [0.2, 0.25) is 0 Å². The van der Waals surface area contributed by atoms with Gasteiger partial charge >= 0.3 is 0 Å². The first-order valence-electron chi connectivity index (χ1n) is 9.87. The zero-order valence-corrected chi connectivity index (χ0v) is 17.3. The molecule has 0 spiro atoms. The van der Waals surface area contributed by atoms with E-state index in [2.05, 4.69) is 41.3 Å². The fraction of sp³-hybridized carbons (Fsp3) is 0.292. The minimum atomic E-state index is -1.54. The monoisotopic (exact) mass is 411 g/mol. The second-order valence-corrected chi connectivity index (χ2v) is 8.67. The molecule has 4 rings (SSSR count). The standard InChI is InChI=1S/C24H21N5S/c25-13-19-18-9-11-29(10-8-17-5-2-1-3-6-17)14-20(18)22(21-7-4-12-30-21)24(15-26,16-27)23(19)28/h1-7,9,12,20,22H,8,10-11,14,28H2/t20-,22+/m1/s1. The van der Waals surface area contributed by atoms with Gasteiger partial charge < -0.3 is 5.73 Å². The van der Waals surface area contributed by atoms with Crippen LogP contribution in [0.15, 0.2) is 70.8 Å². The molecule has 2 aromatic rings. The first kappa shape index (κ1) is 19.9. The number of nitrogens with zero attached hydrogens (tertiary/aromatic N) is 4. The number of thiophene rings is 1. The summed E-state index contributed by atoms with van der Waals surface area (Å²) in [5.41, 5.74) is 7.33. The molecular formula is C24H21N5S. The fourth-order valence-electron chi connectivity index (χ4n) is 4.63. The van der Waals surface area contributed by atoms with E-state index in [1.807, 2.05) is 35.7 Å². The number of nitrogens with two attached hydrogens (primary N) is 1. The van der Waals surface area contributed by atoms with Gasteiger partial charge in [-0.05, 0) is 29.0 Å². The number of nitriles is 3. The van der Waals surface area contributed by atoms with Gasteiger partial charge in [0, 0.05) is 36.3 Å². The van der Waals surface area contributed by atoms with Gasteiger partial charge in [-0.25, -0.2) is 0 Å². The lowest BCUT2D eigenvalue weighted by atomic mass is 9.59. The van der Waals surface area contributed by atoms with Gasteiger partial charge in [-0.1, -0.05) is 42.5 Å². The number of hydrogen-bond acceptors (Lipinski definition) is 6. The van der Waals surface area contributed by atoms with Gasteiger partial charge in [-0.2, -0.15) is 15.8 Å². The molecule has 2 N–H and O–H groups in total. The fourth-order valence-corrected chi connectivity index (χ4v) is 5.59. The normalized spacial score (nSPS) is 22.9. The van der Waals surface area contributed by atoms with Gasteiger partial charge in [0.15, 0.2) is 5.41 Å². The van der Waals surface area contributed by atoms with Gasteiger partial charge in [-0.15, -0.1) is 11.3 Å². The van der Waals surface area contributed by atoms with Crippen LogP contribution in [0, 0.1) is 45.3 Å². The summed E-state index contributed by atoms with van der Waals surface area (Å²) in [5.74, 6) is -0.523. The van der Waals surface area contributed by atoms with E-state index in [9.17, 15) is 15.8 Å². The summed E-state index contributed by atoms with van der Waals surface area (Å²) >= 11 is 1.53. The van der Waals surface area contributed by atoms with Crippen molar-refractivity contribution in [1.29, 1.82) is 15.8 Å². The molecule has 0 unspecified atom stereocenters. The Hall–Kier alpha value is -3.37. The van der Waals surface area contributed by atoms with Crippen LogP contribution in [-0.4, -0.2) is 24.5 Å². The summed E-state index contributed by atoms with van der Waals surface area (Å²) in [6, 6.07) is 20.8. The lowest BCUT2D eigenvalue weighted by Crippen LogP contribution is -2.48. The van der Waals surface area contributed by atoms with Crippen molar-refractivity contribution in [2.45, 2.75) is 12.3 Å². The molecule has 6 heteroatoms. The first-order chi connectivity index (χ1) is 14.6. The van der Waals surface area contributed by atoms with Crippen LogP contribution in [0.1, 0.15) is 16.4 Å². The molecule has 148 valence electrons. The second kappa shape index (κ2) is 8.17. The summed E-state index contributed by atoms with van der Waals surface area (Å²) in [7, 11) is 0. The van der Waals surface area contributed by atoms with Crippen LogP contribution < -0.4 is 5.73 Å². The lowest BCUT2D eigenvalue weighted by Gasteiger charge is -2.45. The van der Waals surface area contributed by atoms with E-state index in [0.717, 1.165) is 30.0 Å². The Morgan fingerprint density at radius 3 is 2.50 bits per heavy atom. The van der Waals surface area contributed by atoms with Crippen LogP contribution in [0.25, 0.3) is 0 Å². The minimum Gasteiger partial charge on any atom is -0.399 e. The number of fused-ring (bicyclic) bond motifs is 1. The quantitative estimate of drug-likeness (QED) is 0.826. The Morgan fingerprint density at radius 1 is 1.10 bits per heavy atom. The van der Waals surface area contributed by atoms with E-state index in [1.165, 1.54) is 16.9 Å². The van der Waals surface area contributed by atoms with Gasteiger partial charge in [-0.3, -0.25) is 4.90 Å². The SMILES string of the molecule is N#CC1=C(N)C(C#N)(C#N)[C@H](c2cccs2)[C@@H]2CN(CCc3ccccc3)CC=C12. The van der Waals surface area contributed by atoms with Gasteiger partial charge in [0.05, 0.1) is 23.4 Å². The molecule has 1 aromatic carbocycles. The van der Waals surface area contributed by atoms with Gasteiger partial charge in [0.2, 0.25) is 0 Å². The summed E-state index contributed by atoms with van der Waals surface area (Å²) < 4.78 is 0. The Balaban J connectivity index is 1.73. The predicted molar refractivity (Wildman–Crippen MR) is 116 cm³/mol. The molecule has 1 aliphatic carbocycles. The summed E-state index contributed by atoms with van der Waals surface area (Å²) in [4.78, 5) is 3.29. The van der Waals surface area contributed by atoms with Crippen molar-refractivity contribution in [3.05, 3.63) is 81.2 Å². The maximum atomic E-state index is 10.1. The molecule has 2 aliphatic rings. The van der Waals surface area contributed by atoms with E-state index < -0.39 is 11.3 Å². The zero-order chi connectivity index (χ0) is 21.1. The summed E-state index contributed by atoms with van der Waals surface area (Å²) in [6.45, 7) is 2.28. The molecule has 0 saturated carbocycles. The second-order valence-electron chi connectivity index (χ2n) is 7.69. The molecule has 0 bridgehead atoms. The molecule has 0 saturated heterocycles. The van der Waals surface area contributed by atoms with Crippen LogP contribution in [0.4, 0.5) is 0 Å². The van der Waals surface area contributed by atoms with Crippen molar-refractivity contribution in [3.63, 3.8) is 0 Å². The Kier molecular flexibility index (Phi) is 5.42. The van der Waals surface area contributed by atoms with Gasteiger partial charge in [0.25, 0.3) is 0 Å². The lowest BCUT2D eigenvalue weighted by molar-refractivity contribution is 0.210. The number of rotatable bonds is 4. The maximum absolute atomic E-state index is 10.1. The van der Waals surface area contributed by atoms with Crippen molar-refractivity contribution in [2.24, 2.45) is 17.1 Å². The summed E-state index contributed by atoms with van der Waals surface area (Å²) in [6.07, 6.45) is 2.98. The molecule has 0 fully saturated rings. The molecule has 30 heavy (non-hydrogen) atoms. The molecule has 5 nitrogen and oxygen atoms in total. The maximum Gasteiger partial charge on any atom is 0.192 e. The third kappa shape index (κ3) is 3.19. The highest BCUT2D eigenvalue weighted by Gasteiger charge is 2.54. The van der Waals surface area contributed by atoms with Crippen molar-refractivity contribution < 1.29 is 0 Å². The topological polar surface area (TPSA) is 101 Å². The average Bonchev–Trinajstić information content (AvgIpc) is 3.32. The number of allylic oxidation sites excluding steroid dienone is 2. The van der Waals surface area contributed by atoms with Crippen LogP contribution in [0.5, 0.6) is 0 Å². The van der Waals surface area contributed by atoms with E-state index in [0.29, 0.717) is 12.1 Å². The molecule has 1 aliphatic heterocycles. The number of benzene rings is 1. The van der Waals surface area contributed by atoms with E-state index in [1.54, 1.807) is 0 Å². The van der Waals surface area contributed by atoms with E-state index in [4.69, 9.17) is 5.73 Å². The Bertz CT molecular complexity index is 1100. The highest BCUT2D eigenvalue weighted by Crippen LogP contribution is 2.54. The molecule has 2 heterocycles. The Morgan fingerprint density at radius 2 is 1.87 bits per heavy atom. The highest BCUT2D eigenvalue weighted by molar-refractivity contribution is 7.10. The highest BCUT2D eigenvalue weighted by atomic mass is 32.1. The first-order valence-corrected chi connectivity index (χ1v) is 10.8. The van der Waals surface area contributed by atoms with Crippen molar-refractivity contribution >= 4 is 11.3 Å². The van der Waals surface area contributed by atoms with Crippen LogP contribution in [-0.2, 0) is 6.42 Å². The van der Waals surface area contributed by atoms with Crippen LogP contribution >= 0.6 is 11.3 Å². The zero-order valence-electron chi connectivity index (χ0n) is 16.5. The van der Waals surface area contributed by atoms with Gasteiger partial charge in [0.1, 0.15) is 6.07 Å². The Labute approximate surface area is 180 Å². The summed E-state index contributed by atoms with van der Waals surface area (Å²) in [5, 5.41) is 31.9. The third-order valence-electron chi connectivity index (χ3n) is 6.15. The van der Waals surface area contributed by atoms with Crippen LogP contribution in [0.3, 0.4) is 0 Å². The smallest absolute Gasteiger partial charge is 0.192 e. The molecule has 0 radical (unpaired) electrons. The average molecular weight is 412 g/mol. The third-order valence-corrected chi connectivity index (χ3v) is 7.10. The van der Waals surface area contributed by atoms with Crippen molar-refractivity contribution in [3.8, 4) is 18.2 Å². The largest absolute Gasteiger partial charge is 0.399 e. The van der Waals surface area contributed by atoms with E-state index in [-0.39, 0.29) is 11.6 Å². The van der Waals surface area contributed by atoms with Crippen molar-refractivity contribution in [1.82, 2.24) is 4.90 Å². The predicted octanol–water partition coefficient (Wildman–Crippen LogP) is 3.72. The number of hydrogen-bond donors (Lipinski definition) is 1. The molecule has 0 amide bonds. The molecule has 1 aromatic heterocycles. The molecule has 2 atom stereocenters. The van der Waals surface area contributed by atoms with E-state index >= 15 is 0 Å². The molecular weight excluding hydrogens is 390 g/mol.